The Morgan fingerprint density at radius 1 is 1.24 bits per heavy atom. The van der Waals surface area contributed by atoms with E-state index in [4.69, 9.17) is 0 Å². The van der Waals surface area contributed by atoms with Gasteiger partial charge in [-0.2, -0.15) is 5.10 Å². The van der Waals surface area contributed by atoms with Crippen LogP contribution in [0.25, 0.3) is 11.0 Å². The third-order valence-electron chi connectivity index (χ3n) is 4.81. The molecule has 0 saturated carbocycles. The Labute approximate surface area is 172 Å². The summed E-state index contributed by atoms with van der Waals surface area (Å²) in [4.78, 5) is 24.6. The molecule has 9 heteroatoms. The van der Waals surface area contributed by atoms with Gasteiger partial charge in [0.15, 0.2) is 0 Å². The number of nitrogens with one attached hydrogen (secondary N) is 3. The van der Waals surface area contributed by atoms with Crippen molar-refractivity contribution in [2.24, 2.45) is 7.05 Å². The fourth-order valence-electron chi connectivity index (χ4n) is 3.01. The highest BCUT2D eigenvalue weighted by Crippen LogP contribution is 2.12. The number of benzene rings is 1. The molecule has 3 aromatic heterocycles. The lowest BCUT2D eigenvalue weighted by Gasteiger charge is -2.03. The van der Waals surface area contributed by atoms with Crippen LogP contribution in [0.15, 0.2) is 35.8 Å². The van der Waals surface area contributed by atoms with Crippen LogP contribution < -0.4 is 10.6 Å². The highest BCUT2D eigenvalue weighted by molar-refractivity contribution is 7.09. The van der Waals surface area contributed by atoms with Gasteiger partial charge in [0.2, 0.25) is 0 Å². The Kier molecular flexibility index (Phi) is 5.68. The summed E-state index contributed by atoms with van der Waals surface area (Å²) >= 11 is 1.51. The highest BCUT2D eigenvalue weighted by atomic mass is 32.1. The van der Waals surface area contributed by atoms with E-state index in [2.05, 4.69) is 30.7 Å². The molecule has 0 bridgehead atoms. The van der Waals surface area contributed by atoms with Crippen molar-refractivity contribution in [3.8, 4) is 0 Å². The van der Waals surface area contributed by atoms with Gasteiger partial charge in [-0.05, 0) is 19.1 Å². The molecule has 0 atom stereocenters. The fraction of sp³-hybridized carbons (Fsp3) is 0.300. The summed E-state index contributed by atoms with van der Waals surface area (Å²) in [6, 6.07) is 7.98. The summed E-state index contributed by atoms with van der Waals surface area (Å²) in [5.74, 6) is 0.752. The normalized spacial score (nSPS) is 11.2. The van der Waals surface area contributed by atoms with Crippen molar-refractivity contribution < 1.29 is 4.79 Å². The molecule has 0 radical (unpaired) electrons. The smallest absolute Gasteiger partial charge is 0.271 e. The van der Waals surface area contributed by atoms with Crippen molar-refractivity contribution in [3.05, 3.63) is 63.6 Å². The number of amides is 1. The van der Waals surface area contributed by atoms with E-state index in [1.807, 2.05) is 38.2 Å². The topological polar surface area (TPSA) is 101 Å². The van der Waals surface area contributed by atoms with E-state index in [1.54, 1.807) is 16.3 Å². The van der Waals surface area contributed by atoms with Crippen LogP contribution in [0.1, 0.15) is 32.6 Å². The van der Waals surface area contributed by atoms with Gasteiger partial charge in [0, 0.05) is 43.2 Å². The van der Waals surface area contributed by atoms with E-state index < -0.39 is 0 Å². The van der Waals surface area contributed by atoms with Gasteiger partial charge in [0.1, 0.15) is 11.5 Å². The first kappa shape index (κ1) is 19.3. The molecule has 150 valence electrons. The molecule has 29 heavy (non-hydrogen) atoms. The van der Waals surface area contributed by atoms with Crippen LogP contribution in [0.4, 0.5) is 0 Å². The molecule has 3 N–H and O–H groups in total. The predicted octanol–water partition coefficient (Wildman–Crippen LogP) is 2.32. The number of carbonyl (C=O) groups excluding carboxylic acids is 1. The van der Waals surface area contributed by atoms with Crippen molar-refractivity contribution in [3.63, 3.8) is 0 Å². The summed E-state index contributed by atoms with van der Waals surface area (Å²) in [6.45, 7) is 3.86. The predicted molar refractivity (Wildman–Crippen MR) is 113 cm³/mol. The largest absolute Gasteiger partial charge is 0.346 e. The van der Waals surface area contributed by atoms with Gasteiger partial charge in [-0.15, -0.1) is 11.3 Å². The quantitative estimate of drug-likeness (QED) is 0.388. The summed E-state index contributed by atoms with van der Waals surface area (Å²) in [5, 5.41) is 13.2. The van der Waals surface area contributed by atoms with E-state index in [1.165, 1.54) is 11.3 Å². The van der Waals surface area contributed by atoms with Crippen molar-refractivity contribution >= 4 is 28.3 Å². The van der Waals surface area contributed by atoms with Gasteiger partial charge in [-0.3, -0.25) is 9.48 Å². The average molecular weight is 410 g/mol. The van der Waals surface area contributed by atoms with Crippen LogP contribution in [0.5, 0.6) is 0 Å². The monoisotopic (exact) mass is 409 g/mol. The van der Waals surface area contributed by atoms with Gasteiger partial charge in [-0.1, -0.05) is 12.1 Å². The molecule has 4 aromatic rings. The zero-order chi connectivity index (χ0) is 20.2. The summed E-state index contributed by atoms with van der Waals surface area (Å²) in [5.41, 5.74) is 4.53. The molecule has 0 aliphatic carbocycles. The van der Waals surface area contributed by atoms with Gasteiger partial charge in [0.05, 0.1) is 28.8 Å². The Balaban J connectivity index is 1.23. The number of aryl methyl sites for hydroxylation is 1. The maximum atomic E-state index is 12.3. The maximum absolute atomic E-state index is 12.3. The van der Waals surface area contributed by atoms with Gasteiger partial charge in [0.25, 0.3) is 5.91 Å². The number of para-hydroxylation sites is 2. The average Bonchev–Trinajstić information content (AvgIpc) is 3.43. The lowest BCUT2D eigenvalue weighted by atomic mass is 10.2. The molecule has 0 fully saturated rings. The molecule has 0 aliphatic rings. The molecule has 8 nitrogen and oxygen atoms in total. The second kappa shape index (κ2) is 8.54. The van der Waals surface area contributed by atoms with Crippen molar-refractivity contribution in [1.82, 2.24) is 35.4 Å². The van der Waals surface area contributed by atoms with Crippen LogP contribution in [-0.2, 0) is 26.6 Å². The Morgan fingerprint density at radius 2 is 2.10 bits per heavy atom. The van der Waals surface area contributed by atoms with Crippen LogP contribution in [0, 0.1) is 6.92 Å². The van der Waals surface area contributed by atoms with Crippen molar-refractivity contribution in [2.75, 3.05) is 6.54 Å². The zero-order valence-electron chi connectivity index (χ0n) is 16.4. The molecular weight excluding hydrogens is 386 g/mol. The minimum atomic E-state index is -0.161. The second-order valence-electron chi connectivity index (χ2n) is 6.82. The van der Waals surface area contributed by atoms with Gasteiger partial charge in [-0.25, -0.2) is 9.97 Å². The number of aromatic amines is 1. The molecule has 0 aliphatic heterocycles. The van der Waals surface area contributed by atoms with E-state index in [9.17, 15) is 4.79 Å². The highest BCUT2D eigenvalue weighted by Gasteiger charge is 2.12. The molecular formula is C20H23N7OS. The number of thiazole rings is 1. The second-order valence-corrected chi connectivity index (χ2v) is 7.76. The van der Waals surface area contributed by atoms with E-state index in [0.29, 0.717) is 18.8 Å². The number of hydrogen-bond donors (Lipinski definition) is 3. The minimum absolute atomic E-state index is 0.161. The van der Waals surface area contributed by atoms with E-state index in [0.717, 1.165) is 46.1 Å². The van der Waals surface area contributed by atoms with E-state index in [-0.39, 0.29) is 5.91 Å². The molecule has 1 aromatic carbocycles. The molecule has 0 unspecified atom stereocenters. The number of aromatic nitrogens is 5. The van der Waals surface area contributed by atoms with Crippen molar-refractivity contribution in [1.29, 1.82) is 0 Å². The Bertz CT molecular complexity index is 1090. The third kappa shape index (κ3) is 4.52. The third-order valence-corrected chi connectivity index (χ3v) is 5.72. The zero-order valence-corrected chi connectivity index (χ0v) is 17.2. The first-order valence-corrected chi connectivity index (χ1v) is 10.3. The van der Waals surface area contributed by atoms with Crippen molar-refractivity contribution in [2.45, 2.75) is 26.4 Å². The molecule has 1 amide bonds. The first-order valence-electron chi connectivity index (χ1n) is 9.44. The number of H-pyrrole nitrogens is 1. The number of hydrogen-bond acceptors (Lipinski definition) is 6. The van der Waals surface area contributed by atoms with Crippen LogP contribution >= 0.6 is 11.3 Å². The molecule has 0 saturated heterocycles. The SMILES string of the molecule is Cc1c(CNC(=O)c2csc(CCNCc3nc4ccccc4[nH]3)n2)cnn1C. The van der Waals surface area contributed by atoms with Crippen LogP contribution in [0.2, 0.25) is 0 Å². The first-order chi connectivity index (χ1) is 14.1. The summed E-state index contributed by atoms with van der Waals surface area (Å²) in [7, 11) is 1.88. The fourth-order valence-corrected chi connectivity index (χ4v) is 3.78. The van der Waals surface area contributed by atoms with Gasteiger partial charge >= 0.3 is 0 Å². The van der Waals surface area contributed by atoms with Crippen LogP contribution in [0.3, 0.4) is 0 Å². The molecule has 3 heterocycles. The molecule has 4 rings (SSSR count). The number of rotatable bonds is 8. The number of carbonyl (C=O) groups is 1. The summed E-state index contributed by atoms with van der Waals surface area (Å²) in [6.07, 6.45) is 2.54. The van der Waals surface area contributed by atoms with E-state index >= 15 is 0 Å². The Morgan fingerprint density at radius 3 is 2.90 bits per heavy atom. The number of fused-ring (bicyclic) bond motifs is 1. The van der Waals surface area contributed by atoms with Gasteiger partial charge < -0.3 is 15.6 Å². The number of nitrogens with zero attached hydrogens (tertiary/aromatic N) is 4. The summed E-state index contributed by atoms with van der Waals surface area (Å²) < 4.78 is 1.79. The lowest BCUT2D eigenvalue weighted by molar-refractivity contribution is 0.0946. The molecule has 0 spiro atoms. The maximum Gasteiger partial charge on any atom is 0.271 e. The number of imidazole rings is 1. The lowest BCUT2D eigenvalue weighted by Crippen LogP contribution is -2.23. The Hall–Kier alpha value is -3.04. The standard InChI is InChI=1S/C20H23N7OS/c1-13-14(10-23-27(13)2)9-22-20(28)17-12-29-19(26-17)7-8-21-11-18-24-15-5-3-4-6-16(15)25-18/h3-6,10,12,21H,7-9,11H2,1-2H3,(H,22,28)(H,24,25). The van der Waals surface area contributed by atoms with Crippen LogP contribution in [-0.4, -0.2) is 37.2 Å². The minimum Gasteiger partial charge on any atom is -0.346 e.